The van der Waals surface area contributed by atoms with E-state index in [1.54, 1.807) is 0 Å². The first kappa shape index (κ1) is 10.3. The Kier molecular flexibility index (Phi) is 2.72. The summed E-state index contributed by atoms with van der Waals surface area (Å²) in [7, 11) is 0. The van der Waals surface area contributed by atoms with E-state index in [1.165, 1.54) is 50.2 Å². The molecule has 0 radical (unpaired) electrons. The molecule has 0 aliphatic carbocycles. The summed E-state index contributed by atoms with van der Waals surface area (Å²) >= 11 is 0. The monoisotopic (exact) mass is 219 g/mol. The van der Waals surface area contributed by atoms with Crippen molar-refractivity contribution < 1.29 is 0 Å². The molecule has 1 aromatic rings. The largest absolute Gasteiger partial charge is 0.329 e. The molecule has 2 aliphatic heterocycles. The molecular weight excluding hydrogens is 198 g/mol. The van der Waals surface area contributed by atoms with Gasteiger partial charge in [0.15, 0.2) is 0 Å². The highest BCUT2D eigenvalue weighted by Crippen LogP contribution is 2.27. The van der Waals surface area contributed by atoms with E-state index in [9.17, 15) is 0 Å². The molecule has 1 N–H and O–H groups in total. The van der Waals surface area contributed by atoms with Crippen molar-refractivity contribution in [2.75, 3.05) is 6.54 Å². The number of hydrogen-bond donors (Lipinski definition) is 1. The van der Waals surface area contributed by atoms with E-state index in [0.717, 1.165) is 6.42 Å². The molecule has 16 heavy (non-hydrogen) atoms. The van der Waals surface area contributed by atoms with E-state index >= 15 is 0 Å². The Morgan fingerprint density at radius 3 is 3.19 bits per heavy atom. The van der Waals surface area contributed by atoms with Gasteiger partial charge < -0.3 is 9.88 Å². The van der Waals surface area contributed by atoms with Gasteiger partial charge in [0.25, 0.3) is 0 Å². The molecule has 0 amide bonds. The van der Waals surface area contributed by atoms with Crippen LogP contribution in [0.4, 0.5) is 0 Å². The number of imidazole rings is 1. The maximum absolute atomic E-state index is 4.63. The predicted octanol–water partition coefficient (Wildman–Crippen LogP) is 2.07. The van der Waals surface area contributed by atoms with Crippen LogP contribution in [-0.2, 0) is 12.8 Å². The lowest BCUT2D eigenvalue weighted by Gasteiger charge is -2.24. The second-order valence-electron chi connectivity index (χ2n) is 5.27. The SMILES string of the molecule is CC1CCCc2cnc(CC3CCCN3)n21. The number of aromatic nitrogens is 2. The van der Waals surface area contributed by atoms with Gasteiger partial charge in [-0.2, -0.15) is 0 Å². The highest BCUT2D eigenvalue weighted by molar-refractivity contribution is 5.11. The van der Waals surface area contributed by atoms with Gasteiger partial charge in [-0.1, -0.05) is 0 Å². The molecule has 0 bridgehead atoms. The van der Waals surface area contributed by atoms with Crippen LogP contribution in [0.5, 0.6) is 0 Å². The van der Waals surface area contributed by atoms with E-state index in [-0.39, 0.29) is 0 Å². The first-order chi connectivity index (χ1) is 7.84. The maximum Gasteiger partial charge on any atom is 0.110 e. The third-order valence-corrected chi connectivity index (χ3v) is 4.04. The normalized spacial score (nSPS) is 29.3. The van der Waals surface area contributed by atoms with Crippen LogP contribution >= 0.6 is 0 Å². The van der Waals surface area contributed by atoms with Gasteiger partial charge in [-0.25, -0.2) is 4.98 Å². The lowest BCUT2D eigenvalue weighted by molar-refractivity contribution is 0.411. The number of rotatable bonds is 2. The molecule has 0 spiro atoms. The topological polar surface area (TPSA) is 29.9 Å². The van der Waals surface area contributed by atoms with E-state index in [2.05, 4.69) is 28.0 Å². The van der Waals surface area contributed by atoms with Gasteiger partial charge in [-0.15, -0.1) is 0 Å². The number of hydrogen-bond acceptors (Lipinski definition) is 2. The molecule has 3 nitrogen and oxygen atoms in total. The molecule has 2 aliphatic rings. The predicted molar refractivity (Wildman–Crippen MR) is 64.6 cm³/mol. The van der Waals surface area contributed by atoms with Crippen LogP contribution in [0, 0.1) is 0 Å². The third-order valence-electron chi connectivity index (χ3n) is 4.04. The van der Waals surface area contributed by atoms with Crippen molar-refractivity contribution in [1.29, 1.82) is 0 Å². The Hall–Kier alpha value is -0.830. The van der Waals surface area contributed by atoms with Gasteiger partial charge in [0.05, 0.1) is 0 Å². The number of fused-ring (bicyclic) bond motifs is 1. The zero-order chi connectivity index (χ0) is 11.0. The first-order valence-corrected chi connectivity index (χ1v) is 6.63. The molecule has 3 rings (SSSR count). The quantitative estimate of drug-likeness (QED) is 0.825. The van der Waals surface area contributed by atoms with E-state index in [0.29, 0.717) is 12.1 Å². The van der Waals surface area contributed by atoms with E-state index < -0.39 is 0 Å². The smallest absolute Gasteiger partial charge is 0.110 e. The van der Waals surface area contributed by atoms with Gasteiger partial charge >= 0.3 is 0 Å². The van der Waals surface area contributed by atoms with E-state index in [4.69, 9.17) is 0 Å². The van der Waals surface area contributed by atoms with Crippen molar-refractivity contribution in [3.8, 4) is 0 Å². The Morgan fingerprint density at radius 2 is 2.38 bits per heavy atom. The van der Waals surface area contributed by atoms with Gasteiger partial charge in [-0.05, 0) is 45.6 Å². The van der Waals surface area contributed by atoms with Crippen molar-refractivity contribution in [2.45, 2.75) is 57.5 Å². The Bertz CT molecular complexity index is 363. The van der Waals surface area contributed by atoms with Crippen LogP contribution < -0.4 is 5.32 Å². The Morgan fingerprint density at radius 1 is 1.44 bits per heavy atom. The molecule has 3 heterocycles. The summed E-state index contributed by atoms with van der Waals surface area (Å²) in [6.45, 7) is 3.52. The summed E-state index contributed by atoms with van der Waals surface area (Å²) in [5, 5.41) is 3.56. The second-order valence-corrected chi connectivity index (χ2v) is 5.27. The molecule has 0 saturated carbocycles. The summed E-state index contributed by atoms with van der Waals surface area (Å²) in [5.41, 5.74) is 1.45. The molecular formula is C13H21N3. The molecule has 1 aromatic heterocycles. The van der Waals surface area contributed by atoms with Crippen molar-refractivity contribution >= 4 is 0 Å². The zero-order valence-corrected chi connectivity index (χ0v) is 10.1. The number of nitrogens with one attached hydrogen (secondary N) is 1. The van der Waals surface area contributed by atoms with Crippen molar-refractivity contribution in [1.82, 2.24) is 14.9 Å². The number of aryl methyl sites for hydroxylation is 1. The third kappa shape index (κ3) is 1.77. The van der Waals surface area contributed by atoms with Gasteiger partial charge in [0.2, 0.25) is 0 Å². The summed E-state index contributed by atoms with van der Waals surface area (Å²) in [5.74, 6) is 1.31. The minimum atomic E-state index is 0.655. The van der Waals surface area contributed by atoms with Crippen LogP contribution in [-0.4, -0.2) is 22.1 Å². The van der Waals surface area contributed by atoms with Crippen molar-refractivity contribution in [2.24, 2.45) is 0 Å². The first-order valence-electron chi connectivity index (χ1n) is 6.63. The van der Waals surface area contributed by atoms with Gasteiger partial charge in [0.1, 0.15) is 5.82 Å². The maximum atomic E-state index is 4.63. The minimum absolute atomic E-state index is 0.655. The van der Waals surface area contributed by atoms with Crippen LogP contribution in [0.1, 0.15) is 50.2 Å². The second kappa shape index (κ2) is 4.21. The molecule has 0 aromatic carbocycles. The summed E-state index contributed by atoms with van der Waals surface area (Å²) in [4.78, 5) is 4.63. The molecule has 3 heteroatoms. The summed E-state index contributed by atoms with van der Waals surface area (Å²) in [6, 6.07) is 1.32. The number of nitrogens with zero attached hydrogens (tertiary/aromatic N) is 2. The lowest BCUT2D eigenvalue weighted by Crippen LogP contribution is -2.27. The molecule has 88 valence electrons. The summed E-state index contributed by atoms with van der Waals surface area (Å²) in [6.07, 6.45) is 9.71. The standard InChI is InChI=1S/C13H21N3/c1-10-4-2-6-12-9-15-13(16(10)12)8-11-5-3-7-14-11/h9-11,14H,2-8H2,1H3. The van der Waals surface area contributed by atoms with Crippen LogP contribution in [0.25, 0.3) is 0 Å². The molecule has 2 atom stereocenters. The van der Waals surface area contributed by atoms with Crippen LogP contribution in [0.2, 0.25) is 0 Å². The summed E-state index contributed by atoms with van der Waals surface area (Å²) < 4.78 is 2.49. The average Bonchev–Trinajstić information content (AvgIpc) is 2.90. The average molecular weight is 219 g/mol. The van der Waals surface area contributed by atoms with Crippen molar-refractivity contribution in [3.05, 3.63) is 17.7 Å². The van der Waals surface area contributed by atoms with Crippen LogP contribution in [0.3, 0.4) is 0 Å². The van der Waals surface area contributed by atoms with E-state index in [1.807, 2.05) is 0 Å². The molecule has 1 fully saturated rings. The lowest BCUT2D eigenvalue weighted by atomic mass is 10.0. The fourth-order valence-electron chi connectivity index (χ4n) is 3.17. The zero-order valence-electron chi connectivity index (χ0n) is 10.1. The fraction of sp³-hybridized carbons (Fsp3) is 0.769. The Labute approximate surface area is 97.3 Å². The minimum Gasteiger partial charge on any atom is -0.329 e. The van der Waals surface area contributed by atoms with Crippen LogP contribution in [0.15, 0.2) is 6.20 Å². The highest BCUT2D eigenvalue weighted by atomic mass is 15.1. The highest BCUT2D eigenvalue weighted by Gasteiger charge is 2.23. The molecule has 1 saturated heterocycles. The van der Waals surface area contributed by atoms with Gasteiger partial charge in [0, 0.05) is 30.4 Å². The van der Waals surface area contributed by atoms with Crippen molar-refractivity contribution in [3.63, 3.8) is 0 Å². The molecule has 2 unspecified atom stereocenters. The Balaban J connectivity index is 1.81. The fourth-order valence-corrected chi connectivity index (χ4v) is 3.17. The van der Waals surface area contributed by atoms with Gasteiger partial charge in [-0.3, -0.25) is 0 Å².